The minimum Gasteiger partial charge on any atom is -0.399 e. The van der Waals surface area contributed by atoms with Gasteiger partial charge in [0, 0.05) is 31.6 Å². The summed E-state index contributed by atoms with van der Waals surface area (Å²) < 4.78 is 5.30. The number of rotatable bonds is 2. The van der Waals surface area contributed by atoms with Crippen molar-refractivity contribution in [3.05, 3.63) is 24.3 Å². The Labute approximate surface area is 107 Å². The largest absolute Gasteiger partial charge is 0.399 e. The van der Waals surface area contributed by atoms with Crippen molar-refractivity contribution in [2.45, 2.75) is 18.9 Å². The van der Waals surface area contributed by atoms with E-state index < -0.39 is 0 Å². The van der Waals surface area contributed by atoms with Gasteiger partial charge in [0.2, 0.25) is 0 Å². The second-order valence-electron chi connectivity index (χ2n) is 4.50. The smallest absolute Gasteiger partial charge is 0.321 e. The van der Waals surface area contributed by atoms with Crippen LogP contribution in [-0.2, 0) is 4.74 Å². The molecule has 1 aromatic carbocycles. The van der Waals surface area contributed by atoms with Crippen LogP contribution in [0.3, 0.4) is 0 Å². The number of carbonyl (C=O) groups is 1. The number of amides is 2. The van der Waals surface area contributed by atoms with Gasteiger partial charge in [0.15, 0.2) is 0 Å². The predicted octanol–water partition coefficient (Wildman–Crippen LogP) is 1.91. The number of nitrogens with two attached hydrogens (primary N) is 1. The Morgan fingerprint density at radius 3 is 3.11 bits per heavy atom. The average Bonchev–Trinajstić information content (AvgIpc) is 2.39. The van der Waals surface area contributed by atoms with E-state index in [1.807, 2.05) is 12.1 Å². The minimum atomic E-state index is -0.0950. The van der Waals surface area contributed by atoms with Gasteiger partial charge in [-0.3, -0.25) is 0 Å². The molecule has 2 amide bonds. The molecule has 1 heterocycles. The van der Waals surface area contributed by atoms with E-state index in [0.717, 1.165) is 25.1 Å². The highest BCUT2D eigenvalue weighted by Gasteiger charge is 2.23. The van der Waals surface area contributed by atoms with Crippen LogP contribution in [0.4, 0.5) is 16.2 Å². The van der Waals surface area contributed by atoms with E-state index in [4.69, 9.17) is 10.5 Å². The maximum atomic E-state index is 12.1. The van der Waals surface area contributed by atoms with E-state index in [0.29, 0.717) is 12.2 Å². The molecule has 0 aromatic heterocycles. The summed E-state index contributed by atoms with van der Waals surface area (Å²) >= 11 is 0. The summed E-state index contributed by atoms with van der Waals surface area (Å²) in [6, 6.07) is 7.08. The van der Waals surface area contributed by atoms with E-state index in [-0.39, 0.29) is 12.1 Å². The van der Waals surface area contributed by atoms with Gasteiger partial charge in [-0.1, -0.05) is 6.07 Å². The van der Waals surface area contributed by atoms with Crippen molar-refractivity contribution in [2.75, 3.05) is 31.2 Å². The predicted molar refractivity (Wildman–Crippen MR) is 71.5 cm³/mol. The molecule has 1 aliphatic heterocycles. The fourth-order valence-corrected chi connectivity index (χ4v) is 2.13. The van der Waals surface area contributed by atoms with E-state index in [9.17, 15) is 4.79 Å². The summed E-state index contributed by atoms with van der Waals surface area (Å²) in [5.74, 6) is 0. The summed E-state index contributed by atoms with van der Waals surface area (Å²) in [5, 5.41) is 2.85. The van der Waals surface area contributed by atoms with Crippen LogP contribution in [0.25, 0.3) is 0 Å². The van der Waals surface area contributed by atoms with E-state index in [1.165, 1.54) is 0 Å². The van der Waals surface area contributed by atoms with Gasteiger partial charge in [-0.05, 0) is 31.0 Å². The highest BCUT2D eigenvalue weighted by molar-refractivity contribution is 5.89. The van der Waals surface area contributed by atoms with Gasteiger partial charge in [-0.2, -0.15) is 0 Å². The molecule has 1 fully saturated rings. The number of urea groups is 1. The zero-order valence-corrected chi connectivity index (χ0v) is 10.6. The number of likely N-dealkylation sites (tertiary alicyclic amines) is 1. The van der Waals surface area contributed by atoms with Gasteiger partial charge in [0.05, 0.1) is 6.10 Å². The summed E-state index contributed by atoms with van der Waals surface area (Å²) in [7, 11) is 1.68. The van der Waals surface area contributed by atoms with Crippen molar-refractivity contribution in [1.82, 2.24) is 4.90 Å². The van der Waals surface area contributed by atoms with Gasteiger partial charge in [0.1, 0.15) is 0 Å². The fraction of sp³-hybridized carbons (Fsp3) is 0.462. The Bertz CT molecular complexity index is 422. The molecule has 0 spiro atoms. The number of nitrogens with one attached hydrogen (secondary N) is 1. The fourth-order valence-electron chi connectivity index (χ4n) is 2.13. The first-order chi connectivity index (χ1) is 8.69. The van der Waals surface area contributed by atoms with Crippen LogP contribution in [0.15, 0.2) is 24.3 Å². The summed E-state index contributed by atoms with van der Waals surface area (Å²) in [5.41, 5.74) is 7.03. The summed E-state index contributed by atoms with van der Waals surface area (Å²) in [6.07, 6.45) is 2.13. The molecule has 1 saturated heterocycles. The van der Waals surface area contributed by atoms with Crippen LogP contribution < -0.4 is 11.1 Å². The highest BCUT2D eigenvalue weighted by Crippen LogP contribution is 2.16. The van der Waals surface area contributed by atoms with Gasteiger partial charge < -0.3 is 20.7 Å². The molecule has 1 aliphatic rings. The molecule has 18 heavy (non-hydrogen) atoms. The number of piperidine rings is 1. The van der Waals surface area contributed by atoms with Gasteiger partial charge >= 0.3 is 6.03 Å². The van der Waals surface area contributed by atoms with Crippen molar-refractivity contribution in [2.24, 2.45) is 0 Å². The Hall–Kier alpha value is -1.75. The van der Waals surface area contributed by atoms with Crippen molar-refractivity contribution >= 4 is 17.4 Å². The topological polar surface area (TPSA) is 67.6 Å². The van der Waals surface area contributed by atoms with Crippen molar-refractivity contribution in [3.63, 3.8) is 0 Å². The molecule has 5 heteroatoms. The van der Waals surface area contributed by atoms with Gasteiger partial charge in [0.25, 0.3) is 0 Å². The zero-order valence-electron chi connectivity index (χ0n) is 10.6. The number of benzene rings is 1. The van der Waals surface area contributed by atoms with Gasteiger partial charge in [-0.25, -0.2) is 4.79 Å². The molecule has 2 rings (SSSR count). The van der Waals surface area contributed by atoms with Crippen LogP contribution in [0, 0.1) is 0 Å². The van der Waals surface area contributed by atoms with Gasteiger partial charge in [-0.15, -0.1) is 0 Å². The molecule has 1 atom stereocenters. The van der Waals surface area contributed by atoms with Crippen molar-refractivity contribution < 1.29 is 9.53 Å². The molecule has 5 nitrogen and oxygen atoms in total. The van der Waals surface area contributed by atoms with Crippen LogP contribution in [-0.4, -0.2) is 37.2 Å². The quantitative estimate of drug-likeness (QED) is 0.787. The highest BCUT2D eigenvalue weighted by atomic mass is 16.5. The number of methoxy groups -OCH3 is 1. The number of nitrogen functional groups attached to an aromatic ring is 1. The summed E-state index contributed by atoms with van der Waals surface area (Å²) in [6.45, 7) is 1.42. The summed E-state index contributed by atoms with van der Waals surface area (Å²) in [4.78, 5) is 13.8. The maximum Gasteiger partial charge on any atom is 0.321 e. The molecule has 0 aliphatic carbocycles. The number of ether oxygens (including phenoxy) is 1. The van der Waals surface area contributed by atoms with Crippen molar-refractivity contribution in [1.29, 1.82) is 0 Å². The Morgan fingerprint density at radius 2 is 2.39 bits per heavy atom. The monoisotopic (exact) mass is 249 g/mol. The molecule has 0 bridgehead atoms. The van der Waals surface area contributed by atoms with Crippen molar-refractivity contribution in [3.8, 4) is 0 Å². The number of carbonyl (C=O) groups excluding carboxylic acids is 1. The molecule has 3 N–H and O–H groups in total. The van der Waals surface area contributed by atoms with Crippen LogP contribution in [0.5, 0.6) is 0 Å². The normalized spacial score (nSPS) is 19.6. The first kappa shape index (κ1) is 12.7. The second kappa shape index (κ2) is 5.73. The molecule has 1 unspecified atom stereocenters. The third-order valence-electron chi connectivity index (χ3n) is 3.14. The van der Waals surface area contributed by atoms with Crippen LogP contribution in [0.2, 0.25) is 0 Å². The molecule has 1 aromatic rings. The van der Waals surface area contributed by atoms with Crippen LogP contribution in [0.1, 0.15) is 12.8 Å². The second-order valence-corrected chi connectivity index (χ2v) is 4.50. The number of hydrogen-bond donors (Lipinski definition) is 2. The third-order valence-corrected chi connectivity index (χ3v) is 3.14. The minimum absolute atomic E-state index is 0.0950. The molecule has 0 radical (unpaired) electrons. The lowest BCUT2D eigenvalue weighted by molar-refractivity contribution is 0.0458. The number of nitrogens with zero attached hydrogens (tertiary/aromatic N) is 1. The lowest BCUT2D eigenvalue weighted by atomic mass is 10.1. The first-order valence-electron chi connectivity index (χ1n) is 6.13. The Morgan fingerprint density at radius 1 is 1.56 bits per heavy atom. The lowest BCUT2D eigenvalue weighted by Crippen LogP contribution is -2.44. The molecular weight excluding hydrogens is 230 g/mol. The zero-order chi connectivity index (χ0) is 13.0. The Kier molecular flexibility index (Phi) is 4.04. The lowest BCUT2D eigenvalue weighted by Gasteiger charge is -2.31. The SMILES string of the molecule is COC1CCCN(C(=O)Nc2cccc(N)c2)C1. The van der Waals surface area contributed by atoms with E-state index in [1.54, 1.807) is 24.1 Å². The maximum absolute atomic E-state index is 12.1. The third kappa shape index (κ3) is 3.13. The molecular formula is C13H19N3O2. The van der Waals surface area contributed by atoms with E-state index >= 15 is 0 Å². The number of anilines is 2. The molecule has 98 valence electrons. The number of hydrogen-bond acceptors (Lipinski definition) is 3. The Balaban J connectivity index is 1.95. The first-order valence-corrected chi connectivity index (χ1v) is 6.13. The molecule has 0 saturated carbocycles. The average molecular weight is 249 g/mol. The van der Waals surface area contributed by atoms with E-state index in [2.05, 4.69) is 5.32 Å². The van der Waals surface area contributed by atoms with Crippen LogP contribution >= 0.6 is 0 Å². The standard InChI is InChI=1S/C13H19N3O2/c1-18-12-6-3-7-16(9-12)13(17)15-11-5-2-4-10(14)8-11/h2,4-5,8,12H,3,6-7,9,14H2,1H3,(H,15,17).